The Balaban J connectivity index is 0.00000272. The largest absolute Gasteiger partial charge is 1.00 e. The fraction of sp³-hybridized carbons (Fsp3) is 0.250. The molecule has 0 amide bonds. The maximum atomic E-state index is 13.2. The number of ketones is 1. The van der Waals surface area contributed by atoms with E-state index in [1.165, 1.54) is 42.3 Å². The zero-order chi connectivity index (χ0) is 20.9. The van der Waals surface area contributed by atoms with Crippen LogP contribution in [0, 0.1) is 17.7 Å². The molecule has 2 heterocycles. The van der Waals surface area contributed by atoms with E-state index >= 15 is 0 Å². The molecular weight excluding hydrogens is 415 g/mol. The van der Waals surface area contributed by atoms with Gasteiger partial charge in [0.2, 0.25) is 0 Å². The number of nitrogens with two attached hydrogens (primary N) is 1. The van der Waals surface area contributed by atoms with Crippen LogP contribution in [0.3, 0.4) is 0 Å². The molecule has 1 aliphatic heterocycles. The maximum Gasteiger partial charge on any atom is 0.198 e. The Labute approximate surface area is 187 Å². The van der Waals surface area contributed by atoms with Crippen molar-refractivity contribution in [2.24, 2.45) is 0 Å². The van der Waals surface area contributed by atoms with Crippen molar-refractivity contribution in [2.75, 3.05) is 25.4 Å². The Morgan fingerprint density at radius 3 is 2.58 bits per heavy atom. The molecule has 0 unspecified atom stereocenters. The van der Waals surface area contributed by atoms with E-state index in [1.807, 2.05) is 12.1 Å². The van der Waals surface area contributed by atoms with E-state index in [4.69, 9.17) is 5.73 Å². The van der Waals surface area contributed by atoms with E-state index in [0.717, 1.165) is 25.2 Å². The quantitative estimate of drug-likeness (QED) is 0.481. The Kier molecular flexibility index (Phi) is 7.45. The SMILES string of the molecule is Nc1c(C(=O)c2cccc(C#CCN3CCCCC3)c2)cnn1-c1ccc(F)cc1.[Cl-]. The summed E-state index contributed by atoms with van der Waals surface area (Å²) in [4.78, 5) is 15.3. The van der Waals surface area contributed by atoms with Crippen LogP contribution in [0.2, 0.25) is 0 Å². The molecule has 2 N–H and O–H groups in total. The van der Waals surface area contributed by atoms with E-state index in [1.54, 1.807) is 24.3 Å². The maximum absolute atomic E-state index is 13.2. The Bertz CT molecular complexity index is 1110. The smallest absolute Gasteiger partial charge is 0.198 e. The van der Waals surface area contributed by atoms with E-state index in [9.17, 15) is 9.18 Å². The zero-order valence-corrected chi connectivity index (χ0v) is 17.8. The average Bonchev–Trinajstić information content (AvgIpc) is 3.16. The summed E-state index contributed by atoms with van der Waals surface area (Å²) in [6.07, 6.45) is 5.21. The van der Waals surface area contributed by atoms with E-state index < -0.39 is 0 Å². The van der Waals surface area contributed by atoms with Gasteiger partial charge in [-0.25, -0.2) is 9.07 Å². The Hall–Kier alpha value is -3.14. The highest BCUT2D eigenvalue weighted by Gasteiger charge is 2.18. The van der Waals surface area contributed by atoms with Crippen LogP contribution in [0.15, 0.2) is 54.7 Å². The van der Waals surface area contributed by atoms with Crippen LogP contribution in [0.4, 0.5) is 10.2 Å². The van der Waals surface area contributed by atoms with Gasteiger partial charge in [-0.3, -0.25) is 9.69 Å². The molecule has 31 heavy (non-hydrogen) atoms. The highest BCUT2D eigenvalue weighted by Crippen LogP contribution is 2.21. The van der Waals surface area contributed by atoms with Gasteiger partial charge in [-0.15, -0.1) is 0 Å². The fourth-order valence-electron chi connectivity index (χ4n) is 3.59. The standard InChI is InChI=1S/C24H23FN4O.ClH/c25-20-9-11-21(12-10-20)29-24(26)22(17-27-29)23(30)19-8-4-6-18(16-19)7-5-15-28-13-2-1-3-14-28;/h4,6,8-12,16-17H,1-3,13-15,26H2;1H/p-1. The van der Waals surface area contributed by atoms with Crippen LogP contribution in [-0.2, 0) is 0 Å². The molecule has 2 aromatic carbocycles. The fourth-order valence-corrected chi connectivity index (χ4v) is 3.59. The molecular formula is C24H23ClFN4O-. The zero-order valence-electron chi connectivity index (χ0n) is 17.0. The normalized spacial score (nSPS) is 13.7. The number of likely N-dealkylation sites (tertiary alicyclic amines) is 1. The lowest BCUT2D eigenvalue weighted by molar-refractivity contribution is -0.0000140. The monoisotopic (exact) mass is 437 g/mol. The molecule has 0 radical (unpaired) electrons. The number of carbonyl (C=O) groups is 1. The summed E-state index contributed by atoms with van der Waals surface area (Å²) in [6, 6.07) is 13.0. The second-order valence-corrected chi connectivity index (χ2v) is 7.38. The van der Waals surface area contributed by atoms with Gasteiger partial charge in [0.1, 0.15) is 11.6 Å². The molecule has 0 saturated carbocycles. The number of piperidine rings is 1. The van der Waals surface area contributed by atoms with Gasteiger partial charge < -0.3 is 18.1 Å². The number of aromatic nitrogens is 2. The van der Waals surface area contributed by atoms with Crippen molar-refractivity contribution in [3.63, 3.8) is 0 Å². The number of hydrogen-bond donors (Lipinski definition) is 1. The minimum Gasteiger partial charge on any atom is -1.00 e. The second-order valence-electron chi connectivity index (χ2n) is 7.38. The van der Waals surface area contributed by atoms with Crippen LogP contribution >= 0.6 is 0 Å². The van der Waals surface area contributed by atoms with Gasteiger partial charge in [0.25, 0.3) is 0 Å². The third kappa shape index (κ3) is 5.32. The predicted octanol–water partition coefficient (Wildman–Crippen LogP) is 0.666. The molecule has 0 bridgehead atoms. The molecule has 1 aliphatic rings. The summed E-state index contributed by atoms with van der Waals surface area (Å²) < 4.78 is 14.6. The van der Waals surface area contributed by atoms with Crippen molar-refractivity contribution in [3.8, 4) is 17.5 Å². The summed E-state index contributed by atoms with van der Waals surface area (Å²) in [5, 5.41) is 4.20. The van der Waals surface area contributed by atoms with Gasteiger partial charge in [-0.1, -0.05) is 30.4 Å². The van der Waals surface area contributed by atoms with Crippen LogP contribution in [0.1, 0.15) is 40.7 Å². The molecule has 4 rings (SSSR count). The molecule has 7 heteroatoms. The number of hydrogen-bond acceptors (Lipinski definition) is 4. The predicted molar refractivity (Wildman–Crippen MR) is 115 cm³/mol. The van der Waals surface area contributed by atoms with E-state index in [0.29, 0.717) is 16.8 Å². The number of rotatable bonds is 4. The van der Waals surface area contributed by atoms with Gasteiger partial charge in [-0.05, 0) is 62.3 Å². The number of halogens is 2. The molecule has 5 nitrogen and oxygen atoms in total. The van der Waals surface area contributed by atoms with Crippen LogP contribution in [0.25, 0.3) is 5.69 Å². The van der Waals surface area contributed by atoms with Gasteiger partial charge in [0, 0.05) is 11.1 Å². The van der Waals surface area contributed by atoms with E-state index in [-0.39, 0.29) is 29.8 Å². The van der Waals surface area contributed by atoms with Gasteiger partial charge in [0.05, 0.1) is 24.0 Å². The second kappa shape index (κ2) is 10.3. The number of nitrogens with zero attached hydrogens (tertiary/aromatic N) is 3. The third-order valence-electron chi connectivity index (χ3n) is 5.23. The van der Waals surface area contributed by atoms with Crippen LogP contribution in [0.5, 0.6) is 0 Å². The molecule has 3 aromatic rings. The molecule has 0 aliphatic carbocycles. The first-order valence-corrected chi connectivity index (χ1v) is 10.1. The number of benzene rings is 2. The van der Waals surface area contributed by atoms with Crippen molar-refractivity contribution in [1.29, 1.82) is 0 Å². The molecule has 0 spiro atoms. The minimum absolute atomic E-state index is 0. The summed E-state index contributed by atoms with van der Waals surface area (Å²) >= 11 is 0. The summed E-state index contributed by atoms with van der Waals surface area (Å²) in [5.74, 6) is 6.02. The first-order chi connectivity index (χ1) is 14.6. The summed E-state index contributed by atoms with van der Waals surface area (Å²) in [5.41, 5.74) is 8.36. The van der Waals surface area contributed by atoms with Crippen LogP contribution < -0.4 is 18.1 Å². The molecule has 1 saturated heterocycles. The van der Waals surface area contributed by atoms with Crippen molar-refractivity contribution in [3.05, 3.63) is 77.2 Å². The molecule has 160 valence electrons. The molecule has 1 fully saturated rings. The lowest BCUT2D eigenvalue weighted by atomic mass is 10.0. The average molecular weight is 438 g/mol. The Morgan fingerprint density at radius 1 is 1.10 bits per heavy atom. The number of nitrogen functional groups attached to an aromatic ring is 1. The van der Waals surface area contributed by atoms with Gasteiger partial charge in [-0.2, -0.15) is 5.10 Å². The Morgan fingerprint density at radius 2 is 1.84 bits per heavy atom. The lowest BCUT2D eigenvalue weighted by Gasteiger charge is -2.23. The molecule has 0 atom stereocenters. The highest BCUT2D eigenvalue weighted by molar-refractivity contribution is 6.11. The van der Waals surface area contributed by atoms with Gasteiger partial charge >= 0.3 is 0 Å². The topological polar surface area (TPSA) is 64.2 Å². The van der Waals surface area contributed by atoms with Crippen LogP contribution in [-0.4, -0.2) is 40.1 Å². The summed E-state index contributed by atoms with van der Waals surface area (Å²) in [6.45, 7) is 2.95. The van der Waals surface area contributed by atoms with Crippen molar-refractivity contribution >= 4 is 11.6 Å². The third-order valence-corrected chi connectivity index (χ3v) is 5.23. The van der Waals surface area contributed by atoms with Crippen molar-refractivity contribution in [2.45, 2.75) is 19.3 Å². The lowest BCUT2D eigenvalue weighted by Crippen LogP contribution is -3.00. The minimum atomic E-state index is -0.348. The summed E-state index contributed by atoms with van der Waals surface area (Å²) in [7, 11) is 0. The number of carbonyl (C=O) groups excluding carboxylic acids is 1. The highest BCUT2D eigenvalue weighted by atomic mass is 35.5. The molecule has 1 aromatic heterocycles. The van der Waals surface area contributed by atoms with Crippen molar-refractivity contribution < 1.29 is 21.6 Å². The first kappa shape index (κ1) is 22.5. The van der Waals surface area contributed by atoms with E-state index in [2.05, 4.69) is 21.8 Å². The number of anilines is 1. The first-order valence-electron chi connectivity index (χ1n) is 10.1. The van der Waals surface area contributed by atoms with Gasteiger partial charge in [0.15, 0.2) is 5.78 Å². The van der Waals surface area contributed by atoms with Crippen molar-refractivity contribution in [1.82, 2.24) is 14.7 Å².